The second kappa shape index (κ2) is 3.92. The highest BCUT2D eigenvalue weighted by Crippen LogP contribution is 2.29. The number of aromatic nitrogens is 1. The van der Waals surface area contributed by atoms with Crippen LogP contribution in [-0.4, -0.2) is 16.4 Å². The van der Waals surface area contributed by atoms with E-state index in [1.165, 1.54) is 6.20 Å². The van der Waals surface area contributed by atoms with E-state index in [1.807, 2.05) is 30.3 Å². The van der Waals surface area contributed by atoms with Crippen molar-refractivity contribution in [3.8, 4) is 16.9 Å². The van der Waals surface area contributed by atoms with Crippen molar-refractivity contribution in [3.63, 3.8) is 0 Å². The average molecular weight is 199 g/mol. The molecule has 0 aliphatic carbocycles. The molecule has 3 heteroatoms. The molecule has 0 aliphatic heterocycles. The minimum atomic E-state index is -0.0706. The SMILES string of the molecule is O=Cc1nccc(-c2ccccc2)c1O. The van der Waals surface area contributed by atoms with E-state index in [-0.39, 0.29) is 11.4 Å². The van der Waals surface area contributed by atoms with Gasteiger partial charge in [-0.3, -0.25) is 4.79 Å². The maximum Gasteiger partial charge on any atom is 0.172 e. The summed E-state index contributed by atoms with van der Waals surface area (Å²) in [6, 6.07) is 11.0. The van der Waals surface area contributed by atoms with Gasteiger partial charge in [0, 0.05) is 11.8 Å². The molecule has 1 aromatic heterocycles. The van der Waals surface area contributed by atoms with Crippen LogP contribution >= 0.6 is 0 Å². The summed E-state index contributed by atoms with van der Waals surface area (Å²) in [5, 5.41) is 9.75. The molecule has 15 heavy (non-hydrogen) atoms. The van der Waals surface area contributed by atoms with Crippen molar-refractivity contribution in [1.82, 2.24) is 4.98 Å². The molecule has 0 unspecified atom stereocenters. The van der Waals surface area contributed by atoms with Crippen LogP contribution in [0.1, 0.15) is 10.5 Å². The smallest absolute Gasteiger partial charge is 0.172 e. The fraction of sp³-hybridized carbons (Fsp3) is 0. The Kier molecular flexibility index (Phi) is 2.46. The van der Waals surface area contributed by atoms with Crippen molar-refractivity contribution < 1.29 is 9.90 Å². The van der Waals surface area contributed by atoms with E-state index < -0.39 is 0 Å². The predicted octanol–water partition coefficient (Wildman–Crippen LogP) is 2.27. The van der Waals surface area contributed by atoms with E-state index in [1.54, 1.807) is 6.07 Å². The summed E-state index contributed by atoms with van der Waals surface area (Å²) >= 11 is 0. The second-order valence-electron chi connectivity index (χ2n) is 3.08. The number of aldehydes is 1. The highest BCUT2D eigenvalue weighted by Gasteiger charge is 2.08. The molecular formula is C12H9NO2. The topological polar surface area (TPSA) is 50.2 Å². The molecule has 0 bridgehead atoms. The average Bonchev–Trinajstić information content (AvgIpc) is 2.30. The monoisotopic (exact) mass is 199 g/mol. The molecule has 0 radical (unpaired) electrons. The molecule has 0 fully saturated rings. The Labute approximate surface area is 87.0 Å². The summed E-state index contributed by atoms with van der Waals surface area (Å²) in [4.78, 5) is 14.4. The Balaban J connectivity index is 2.59. The van der Waals surface area contributed by atoms with Crippen molar-refractivity contribution in [3.05, 3.63) is 48.3 Å². The second-order valence-corrected chi connectivity index (χ2v) is 3.08. The quantitative estimate of drug-likeness (QED) is 0.755. The molecule has 1 aromatic carbocycles. The minimum absolute atomic E-state index is 0.0661. The summed E-state index contributed by atoms with van der Waals surface area (Å²) in [5.74, 6) is -0.0706. The summed E-state index contributed by atoms with van der Waals surface area (Å²) in [6.07, 6.45) is 2.05. The van der Waals surface area contributed by atoms with Crippen LogP contribution in [0.25, 0.3) is 11.1 Å². The van der Waals surface area contributed by atoms with Crippen LogP contribution in [0.15, 0.2) is 42.6 Å². The van der Waals surface area contributed by atoms with E-state index in [2.05, 4.69) is 4.98 Å². The first-order valence-electron chi connectivity index (χ1n) is 4.51. The van der Waals surface area contributed by atoms with Gasteiger partial charge in [-0.1, -0.05) is 30.3 Å². The number of nitrogens with zero attached hydrogens (tertiary/aromatic N) is 1. The van der Waals surface area contributed by atoms with Gasteiger partial charge < -0.3 is 5.11 Å². The Hall–Kier alpha value is -2.16. The number of hydrogen-bond acceptors (Lipinski definition) is 3. The van der Waals surface area contributed by atoms with E-state index in [0.29, 0.717) is 11.8 Å². The first-order valence-corrected chi connectivity index (χ1v) is 4.51. The van der Waals surface area contributed by atoms with E-state index in [9.17, 15) is 9.90 Å². The van der Waals surface area contributed by atoms with Gasteiger partial charge in [0.2, 0.25) is 0 Å². The van der Waals surface area contributed by atoms with Crippen LogP contribution in [-0.2, 0) is 0 Å². The summed E-state index contributed by atoms with van der Waals surface area (Å²) < 4.78 is 0. The molecule has 0 saturated carbocycles. The lowest BCUT2D eigenvalue weighted by molar-refractivity contribution is 0.111. The first kappa shape index (κ1) is 9.40. The lowest BCUT2D eigenvalue weighted by Crippen LogP contribution is -1.89. The van der Waals surface area contributed by atoms with Crippen LogP contribution in [0.5, 0.6) is 5.75 Å². The Morgan fingerprint density at radius 2 is 1.87 bits per heavy atom. The van der Waals surface area contributed by atoms with Gasteiger partial charge >= 0.3 is 0 Å². The fourth-order valence-corrected chi connectivity index (χ4v) is 1.41. The molecule has 0 aliphatic rings. The number of carbonyl (C=O) groups excluding carboxylic acids is 1. The Morgan fingerprint density at radius 3 is 2.53 bits per heavy atom. The summed E-state index contributed by atoms with van der Waals surface area (Å²) in [6.45, 7) is 0. The van der Waals surface area contributed by atoms with Crippen LogP contribution in [0.3, 0.4) is 0 Å². The van der Waals surface area contributed by atoms with E-state index in [0.717, 1.165) is 5.56 Å². The zero-order valence-electron chi connectivity index (χ0n) is 7.92. The number of pyridine rings is 1. The van der Waals surface area contributed by atoms with Gasteiger partial charge in [0.1, 0.15) is 5.69 Å². The number of hydrogen-bond donors (Lipinski definition) is 1. The molecule has 0 atom stereocenters. The van der Waals surface area contributed by atoms with Crippen LogP contribution in [0.2, 0.25) is 0 Å². The highest BCUT2D eigenvalue weighted by atomic mass is 16.3. The van der Waals surface area contributed by atoms with E-state index in [4.69, 9.17) is 0 Å². The normalized spacial score (nSPS) is 9.87. The predicted molar refractivity (Wildman–Crippen MR) is 56.7 cm³/mol. The van der Waals surface area contributed by atoms with Crippen molar-refractivity contribution >= 4 is 6.29 Å². The molecule has 74 valence electrons. The molecular weight excluding hydrogens is 190 g/mol. The van der Waals surface area contributed by atoms with Gasteiger partial charge in [-0.05, 0) is 11.6 Å². The van der Waals surface area contributed by atoms with Gasteiger partial charge in [-0.15, -0.1) is 0 Å². The highest BCUT2D eigenvalue weighted by molar-refractivity contribution is 5.83. The van der Waals surface area contributed by atoms with Crippen LogP contribution in [0, 0.1) is 0 Å². The van der Waals surface area contributed by atoms with Gasteiger partial charge in [-0.25, -0.2) is 4.98 Å². The van der Waals surface area contributed by atoms with Gasteiger partial charge in [0.15, 0.2) is 12.0 Å². The molecule has 0 amide bonds. The van der Waals surface area contributed by atoms with Gasteiger partial charge in [0.05, 0.1) is 0 Å². The molecule has 3 nitrogen and oxygen atoms in total. The van der Waals surface area contributed by atoms with Crippen molar-refractivity contribution in [2.45, 2.75) is 0 Å². The summed E-state index contributed by atoms with van der Waals surface area (Å²) in [7, 11) is 0. The third-order valence-corrected chi connectivity index (χ3v) is 2.15. The molecule has 1 heterocycles. The molecule has 0 saturated heterocycles. The lowest BCUT2D eigenvalue weighted by Gasteiger charge is -2.04. The van der Waals surface area contributed by atoms with E-state index >= 15 is 0 Å². The third kappa shape index (κ3) is 1.72. The number of benzene rings is 1. The van der Waals surface area contributed by atoms with Crippen LogP contribution < -0.4 is 0 Å². The maximum atomic E-state index is 10.6. The zero-order chi connectivity index (χ0) is 10.7. The minimum Gasteiger partial charge on any atom is -0.505 e. The Bertz CT molecular complexity index is 480. The molecule has 1 N–H and O–H groups in total. The largest absolute Gasteiger partial charge is 0.505 e. The third-order valence-electron chi connectivity index (χ3n) is 2.15. The lowest BCUT2D eigenvalue weighted by atomic mass is 10.1. The number of carbonyl (C=O) groups is 1. The molecule has 2 aromatic rings. The molecule has 0 spiro atoms. The van der Waals surface area contributed by atoms with Crippen molar-refractivity contribution in [2.24, 2.45) is 0 Å². The molecule has 2 rings (SSSR count). The standard InChI is InChI=1S/C12H9NO2/c14-8-11-12(15)10(6-7-13-11)9-4-2-1-3-5-9/h1-8,15H. The Morgan fingerprint density at radius 1 is 1.13 bits per heavy atom. The number of aromatic hydroxyl groups is 1. The maximum absolute atomic E-state index is 10.6. The summed E-state index contributed by atoms with van der Waals surface area (Å²) in [5.41, 5.74) is 1.55. The zero-order valence-corrected chi connectivity index (χ0v) is 7.92. The first-order chi connectivity index (χ1) is 7.33. The van der Waals surface area contributed by atoms with Gasteiger partial charge in [0.25, 0.3) is 0 Å². The van der Waals surface area contributed by atoms with Gasteiger partial charge in [-0.2, -0.15) is 0 Å². The number of rotatable bonds is 2. The van der Waals surface area contributed by atoms with Crippen LogP contribution in [0.4, 0.5) is 0 Å². The van der Waals surface area contributed by atoms with Crippen molar-refractivity contribution in [2.75, 3.05) is 0 Å². The fourth-order valence-electron chi connectivity index (χ4n) is 1.41. The van der Waals surface area contributed by atoms with Crippen molar-refractivity contribution in [1.29, 1.82) is 0 Å².